The highest BCUT2D eigenvalue weighted by Crippen LogP contribution is 2.14. The van der Waals surface area contributed by atoms with E-state index < -0.39 is 21.6 Å². The molecule has 0 fully saturated rings. The molecule has 0 aliphatic carbocycles. The van der Waals surface area contributed by atoms with Crippen LogP contribution in [0.2, 0.25) is 0 Å². The second-order valence-electron chi connectivity index (χ2n) is 4.45. The monoisotopic (exact) mass is 289 g/mol. The molecule has 0 saturated heterocycles. The molecule has 19 heavy (non-hydrogen) atoms. The lowest BCUT2D eigenvalue weighted by Crippen LogP contribution is -2.25. The van der Waals surface area contributed by atoms with E-state index in [1.165, 1.54) is 18.2 Å². The largest absolute Gasteiger partial charge is 0.478 e. The summed E-state index contributed by atoms with van der Waals surface area (Å²) in [5.41, 5.74) is -0.148. The third-order valence-electron chi connectivity index (χ3n) is 2.59. The first-order chi connectivity index (χ1) is 8.70. The molecule has 0 unspecified atom stereocenters. The Balaban J connectivity index is 2.77. The number of aromatic carboxylic acids is 1. The number of rotatable bonds is 6. The highest BCUT2D eigenvalue weighted by Gasteiger charge is 2.15. The fourth-order valence-corrected chi connectivity index (χ4v) is 2.20. The van der Waals surface area contributed by atoms with E-state index in [4.69, 9.17) is 5.11 Å². The van der Waals surface area contributed by atoms with Gasteiger partial charge in [-0.25, -0.2) is 17.6 Å². The first-order valence-corrected chi connectivity index (χ1v) is 7.63. The topological polar surface area (TPSA) is 74.7 Å². The summed E-state index contributed by atoms with van der Waals surface area (Å²) in [6.45, 7) is 0.415. The van der Waals surface area contributed by atoms with Gasteiger partial charge >= 0.3 is 5.97 Å². The highest BCUT2D eigenvalue weighted by atomic mass is 32.2. The van der Waals surface area contributed by atoms with Gasteiger partial charge in [-0.1, -0.05) is 12.1 Å². The Hall–Kier alpha value is -1.47. The van der Waals surface area contributed by atoms with Crippen LogP contribution in [0, 0.1) is 5.82 Å². The third kappa shape index (κ3) is 4.96. The van der Waals surface area contributed by atoms with Crippen molar-refractivity contribution < 1.29 is 22.7 Å². The van der Waals surface area contributed by atoms with Crippen LogP contribution in [-0.4, -0.2) is 50.0 Å². The van der Waals surface area contributed by atoms with Crippen molar-refractivity contribution in [3.05, 3.63) is 35.1 Å². The smallest absolute Gasteiger partial charge is 0.338 e. The maximum Gasteiger partial charge on any atom is 0.338 e. The number of hydrogen-bond donors (Lipinski definition) is 1. The Bertz CT molecular complexity index is 571. The molecule has 0 aromatic heterocycles. The molecule has 1 N–H and O–H groups in total. The van der Waals surface area contributed by atoms with E-state index in [2.05, 4.69) is 0 Å². The maximum absolute atomic E-state index is 13.8. The van der Waals surface area contributed by atoms with Crippen LogP contribution < -0.4 is 0 Å². The summed E-state index contributed by atoms with van der Waals surface area (Å²) in [5, 5.41) is 8.80. The molecule has 0 aliphatic heterocycles. The minimum atomic E-state index is -3.07. The minimum absolute atomic E-state index is 0.0241. The average molecular weight is 289 g/mol. The first-order valence-electron chi connectivity index (χ1n) is 5.57. The predicted molar refractivity (Wildman–Crippen MR) is 69.4 cm³/mol. The molecule has 1 aromatic rings. The van der Waals surface area contributed by atoms with Crippen molar-refractivity contribution >= 4 is 15.8 Å². The van der Waals surface area contributed by atoms with Crippen molar-refractivity contribution in [3.8, 4) is 0 Å². The zero-order valence-electron chi connectivity index (χ0n) is 10.8. The van der Waals surface area contributed by atoms with Gasteiger partial charge in [0, 0.05) is 24.9 Å². The fraction of sp³-hybridized carbons (Fsp3) is 0.417. The van der Waals surface area contributed by atoms with Crippen LogP contribution in [-0.2, 0) is 16.4 Å². The van der Waals surface area contributed by atoms with E-state index in [0.29, 0.717) is 0 Å². The fourth-order valence-electron chi connectivity index (χ4n) is 1.56. The second-order valence-corrected chi connectivity index (χ2v) is 6.71. The van der Waals surface area contributed by atoms with Gasteiger partial charge in [-0.2, -0.15) is 0 Å². The summed E-state index contributed by atoms with van der Waals surface area (Å²) in [6, 6.07) is 4.14. The van der Waals surface area contributed by atoms with Gasteiger partial charge in [0.05, 0.1) is 11.3 Å². The highest BCUT2D eigenvalue weighted by molar-refractivity contribution is 7.90. The molecule has 1 aromatic carbocycles. The van der Waals surface area contributed by atoms with Crippen LogP contribution >= 0.6 is 0 Å². The number of nitrogens with zero attached hydrogens (tertiary/aromatic N) is 1. The van der Waals surface area contributed by atoms with Gasteiger partial charge in [-0.3, -0.25) is 0 Å². The Labute approximate surface area is 111 Å². The molecule has 7 heteroatoms. The summed E-state index contributed by atoms with van der Waals surface area (Å²) in [6.07, 6.45) is 1.13. The van der Waals surface area contributed by atoms with Gasteiger partial charge in [-0.15, -0.1) is 0 Å². The molecule has 0 aliphatic rings. The number of carboxylic acid groups (broad SMARTS) is 1. The van der Waals surface area contributed by atoms with Crippen LogP contribution in [0.4, 0.5) is 4.39 Å². The van der Waals surface area contributed by atoms with Crippen LogP contribution in [0.3, 0.4) is 0 Å². The Morgan fingerprint density at radius 2 is 2.05 bits per heavy atom. The standard InChI is InChI=1S/C12H16FNO4S/c1-14(6-7-19(2,17)18)8-9-4-3-5-10(11(9)13)12(15)16/h3-5H,6-8H2,1-2H3,(H,15,16). The van der Waals surface area contributed by atoms with Gasteiger partial charge in [0.15, 0.2) is 0 Å². The SMILES string of the molecule is CN(CCS(C)(=O)=O)Cc1cccc(C(=O)O)c1F. The molecule has 0 radical (unpaired) electrons. The number of benzene rings is 1. The van der Waals surface area contributed by atoms with Crippen LogP contribution in [0.25, 0.3) is 0 Å². The molecular formula is C12H16FNO4S. The second kappa shape index (κ2) is 6.12. The van der Waals surface area contributed by atoms with Crippen LogP contribution in [0.5, 0.6) is 0 Å². The zero-order chi connectivity index (χ0) is 14.6. The number of carbonyl (C=O) groups is 1. The van der Waals surface area contributed by atoms with Crippen molar-refractivity contribution in [3.63, 3.8) is 0 Å². The number of sulfone groups is 1. The predicted octanol–water partition coefficient (Wildman–Crippen LogP) is 1.00. The normalized spacial score (nSPS) is 11.8. The molecule has 0 saturated carbocycles. The summed E-state index contributed by atoms with van der Waals surface area (Å²) in [5.74, 6) is -2.12. The lowest BCUT2D eigenvalue weighted by molar-refractivity contribution is 0.0691. The molecule has 0 amide bonds. The summed E-state index contributed by atoms with van der Waals surface area (Å²) >= 11 is 0. The molecule has 106 valence electrons. The first kappa shape index (κ1) is 15.6. The lowest BCUT2D eigenvalue weighted by atomic mass is 10.1. The van der Waals surface area contributed by atoms with E-state index >= 15 is 0 Å². The van der Waals surface area contributed by atoms with Crippen molar-refractivity contribution in [1.29, 1.82) is 0 Å². The van der Waals surface area contributed by atoms with Gasteiger partial charge in [0.1, 0.15) is 15.7 Å². The molecule has 0 atom stereocenters. The van der Waals surface area contributed by atoms with Crippen molar-refractivity contribution in [1.82, 2.24) is 4.90 Å². The van der Waals surface area contributed by atoms with Crippen molar-refractivity contribution in [2.24, 2.45) is 0 Å². The third-order valence-corrected chi connectivity index (χ3v) is 3.52. The number of carboxylic acids is 1. The van der Waals surface area contributed by atoms with Crippen molar-refractivity contribution in [2.75, 3.05) is 25.6 Å². The Morgan fingerprint density at radius 1 is 1.42 bits per heavy atom. The summed E-state index contributed by atoms with van der Waals surface area (Å²) in [7, 11) is -1.42. The molecule has 1 rings (SSSR count). The average Bonchev–Trinajstić information content (AvgIpc) is 2.28. The lowest BCUT2D eigenvalue weighted by Gasteiger charge is -2.16. The summed E-state index contributed by atoms with van der Waals surface area (Å²) < 4.78 is 35.9. The molecule has 0 spiro atoms. The minimum Gasteiger partial charge on any atom is -0.478 e. The van der Waals surface area contributed by atoms with Gasteiger partial charge < -0.3 is 10.0 Å². The van der Waals surface area contributed by atoms with E-state index in [9.17, 15) is 17.6 Å². The van der Waals surface area contributed by atoms with Gasteiger partial charge in [-0.05, 0) is 13.1 Å². The molecule has 0 bridgehead atoms. The molecule has 5 nitrogen and oxygen atoms in total. The Morgan fingerprint density at radius 3 is 2.58 bits per heavy atom. The number of halogens is 1. The zero-order valence-corrected chi connectivity index (χ0v) is 11.6. The van der Waals surface area contributed by atoms with E-state index in [-0.39, 0.29) is 30.0 Å². The summed E-state index contributed by atoms with van der Waals surface area (Å²) in [4.78, 5) is 12.4. The molecule has 0 heterocycles. The quantitative estimate of drug-likeness (QED) is 0.845. The number of hydrogen-bond acceptors (Lipinski definition) is 4. The maximum atomic E-state index is 13.8. The van der Waals surface area contributed by atoms with Crippen molar-refractivity contribution in [2.45, 2.75) is 6.54 Å². The van der Waals surface area contributed by atoms with E-state index in [1.54, 1.807) is 11.9 Å². The van der Waals surface area contributed by atoms with Gasteiger partial charge in [0.2, 0.25) is 0 Å². The van der Waals surface area contributed by atoms with Crippen LogP contribution in [0.1, 0.15) is 15.9 Å². The van der Waals surface area contributed by atoms with E-state index in [0.717, 1.165) is 6.26 Å². The van der Waals surface area contributed by atoms with Crippen LogP contribution in [0.15, 0.2) is 18.2 Å². The van der Waals surface area contributed by atoms with Gasteiger partial charge in [0.25, 0.3) is 0 Å². The van der Waals surface area contributed by atoms with E-state index in [1.807, 2.05) is 0 Å². The Kier molecular flexibility index (Phi) is 5.02. The molecular weight excluding hydrogens is 273 g/mol.